The number of carbonyl (C=O) groups is 1. The minimum Gasteiger partial charge on any atom is -0.303 e. The van der Waals surface area contributed by atoms with Crippen molar-refractivity contribution in [1.29, 1.82) is 0 Å². The number of carbonyl (C=O) groups excluding carboxylic acids is 1. The maximum atomic E-state index is 10.4. The third-order valence-electron chi connectivity index (χ3n) is 3.24. The predicted octanol–water partition coefficient (Wildman–Crippen LogP) is 2.96. The van der Waals surface area contributed by atoms with Gasteiger partial charge in [-0.3, -0.25) is 0 Å². The van der Waals surface area contributed by atoms with Crippen molar-refractivity contribution in [1.82, 2.24) is 0 Å². The topological polar surface area (TPSA) is 17.1 Å². The summed E-state index contributed by atoms with van der Waals surface area (Å²) in [6.45, 7) is 6.63. The van der Waals surface area contributed by atoms with Crippen LogP contribution in [0.25, 0.3) is 0 Å². The van der Waals surface area contributed by atoms with Crippen molar-refractivity contribution in [2.75, 3.05) is 0 Å². The Morgan fingerprint density at radius 3 is 2.75 bits per heavy atom. The van der Waals surface area contributed by atoms with Crippen LogP contribution in [0.3, 0.4) is 0 Å². The van der Waals surface area contributed by atoms with Gasteiger partial charge in [0.2, 0.25) is 0 Å². The smallest absolute Gasteiger partial charge is 0.120 e. The van der Waals surface area contributed by atoms with Crippen molar-refractivity contribution in [2.45, 2.75) is 40.0 Å². The lowest BCUT2D eigenvalue weighted by molar-refractivity contribution is -0.108. The van der Waals surface area contributed by atoms with Crippen molar-refractivity contribution < 1.29 is 4.79 Å². The molecule has 2 atom stereocenters. The minimum absolute atomic E-state index is 0.524. The van der Waals surface area contributed by atoms with Gasteiger partial charge in [0.15, 0.2) is 0 Å². The van der Waals surface area contributed by atoms with Crippen LogP contribution < -0.4 is 0 Å². The first kappa shape index (κ1) is 9.50. The van der Waals surface area contributed by atoms with Crippen LogP contribution in [0.5, 0.6) is 0 Å². The van der Waals surface area contributed by atoms with E-state index in [-0.39, 0.29) is 0 Å². The fourth-order valence-corrected chi connectivity index (χ4v) is 2.10. The van der Waals surface area contributed by atoms with Gasteiger partial charge in [0, 0.05) is 6.42 Å². The molecular weight excluding hydrogens is 148 g/mol. The molecule has 0 bridgehead atoms. The highest BCUT2D eigenvalue weighted by Gasteiger charge is 2.23. The standard InChI is InChI=1S/C11H18O/c1-8-4-5-9(2)11(6-7-12)10(8)3/h7,9,11H,4-6H2,1-3H3. The fraction of sp³-hybridized carbons (Fsp3) is 0.727. The van der Waals surface area contributed by atoms with Crippen LogP contribution in [0.1, 0.15) is 40.0 Å². The van der Waals surface area contributed by atoms with Gasteiger partial charge in [0.25, 0.3) is 0 Å². The van der Waals surface area contributed by atoms with E-state index in [4.69, 9.17) is 0 Å². The van der Waals surface area contributed by atoms with Crippen LogP contribution in [0.2, 0.25) is 0 Å². The predicted molar refractivity (Wildman–Crippen MR) is 50.9 cm³/mol. The largest absolute Gasteiger partial charge is 0.303 e. The van der Waals surface area contributed by atoms with Crippen molar-refractivity contribution in [2.24, 2.45) is 11.8 Å². The van der Waals surface area contributed by atoms with E-state index in [1.165, 1.54) is 24.0 Å². The van der Waals surface area contributed by atoms with E-state index >= 15 is 0 Å². The molecule has 1 aliphatic carbocycles. The lowest BCUT2D eigenvalue weighted by atomic mass is 9.75. The first-order valence-corrected chi connectivity index (χ1v) is 4.76. The van der Waals surface area contributed by atoms with Crippen molar-refractivity contribution in [3.8, 4) is 0 Å². The van der Waals surface area contributed by atoms with Crippen LogP contribution in [0, 0.1) is 11.8 Å². The fourth-order valence-electron chi connectivity index (χ4n) is 2.10. The number of allylic oxidation sites excluding steroid dienone is 2. The normalized spacial score (nSPS) is 30.6. The lowest BCUT2D eigenvalue weighted by Crippen LogP contribution is -2.19. The van der Waals surface area contributed by atoms with Crippen molar-refractivity contribution >= 4 is 6.29 Å². The molecule has 1 nitrogen and oxygen atoms in total. The van der Waals surface area contributed by atoms with Crippen LogP contribution in [0.15, 0.2) is 11.1 Å². The zero-order chi connectivity index (χ0) is 9.14. The Labute approximate surface area is 74.9 Å². The van der Waals surface area contributed by atoms with Gasteiger partial charge >= 0.3 is 0 Å². The molecule has 0 saturated heterocycles. The zero-order valence-corrected chi connectivity index (χ0v) is 8.26. The van der Waals surface area contributed by atoms with Crippen LogP contribution in [0.4, 0.5) is 0 Å². The molecule has 0 spiro atoms. The van der Waals surface area contributed by atoms with E-state index in [0.717, 1.165) is 6.29 Å². The Bertz CT molecular complexity index is 203. The molecule has 1 heteroatoms. The highest BCUT2D eigenvalue weighted by molar-refractivity contribution is 5.51. The van der Waals surface area contributed by atoms with Gasteiger partial charge in [0.1, 0.15) is 6.29 Å². The molecule has 2 unspecified atom stereocenters. The molecule has 0 radical (unpaired) electrons. The SMILES string of the molecule is CC1=C(C)C(CC=O)C(C)CC1. The summed E-state index contributed by atoms with van der Waals surface area (Å²) in [7, 11) is 0. The molecule has 0 N–H and O–H groups in total. The third kappa shape index (κ3) is 1.77. The maximum absolute atomic E-state index is 10.4. The Balaban J connectivity index is 2.78. The Morgan fingerprint density at radius 1 is 1.50 bits per heavy atom. The Kier molecular flexibility index (Phi) is 3.07. The van der Waals surface area contributed by atoms with Gasteiger partial charge in [-0.2, -0.15) is 0 Å². The van der Waals surface area contributed by atoms with Gasteiger partial charge in [0.05, 0.1) is 0 Å². The van der Waals surface area contributed by atoms with Crippen molar-refractivity contribution in [3.63, 3.8) is 0 Å². The van der Waals surface area contributed by atoms with E-state index in [2.05, 4.69) is 20.8 Å². The number of rotatable bonds is 2. The van der Waals surface area contributed by atoms with Gasteiger partial charge < -0.3 is 4.79 Å². The maximum Gasteiger partial charge on any atom is 0.120 e. The van der Waals surface area contributed by atoms with E-state index in [0.29, 0.717) is 18.3 Å². The Hall–Kier alpha value is -0.590. The first-order chi connectivity index (χ1) is 5.66. The second kappa shape index (κ2) is 3.88. The number of hydrogen-bond donors (Lipinski definition) is 0. The molecule has 0 aliphatic heterocycles. The quantitative estimate of drug-likeness (QED) is 0.455. The van der Waals surface area contributed by atoms with E-state index in [1.807, 2.05) is 0 Å². The first-order valence-electron chi connectivity index (χ1n) is 4.76. The summed E-state index contributed by atoms with van der Waals surface area (Å²) in [5.74, 6) is 1.22. The molecule has 0 aromatic rings. The molecule has 0 fully saturated rings. The number of aldehydes is 1. The van der Waals surface area contributed by atoms with Crippen LogP contribution in [-0.2, 0) is 4.79 Å². The Morgan fingerprint density at radius 2 is 2.17 bits per heavy atom. The second-order valence-electron chi connectivity index (χ2n) is 3.99. The van der Waals surface area contributed by atoms with E-state index in [9.17, 15) is 4.79 Å². The summed E-state index contributed by atoms with van der Waals surface area (Å²) in [4.78, 5) is 10.4. The molecule has 0 amide bonds. The molecule has 0 saturated carbocycles. The van der Waals surface area contributed by atoms with Gasteiger partial charge in [-0.05, 0) is 38.5 Å². The summed E-state index contributed by atoms with van der Waals surface area (Å²) >= 11 is 0. The van der Waals surface area contributed by atoms with Crippen LogP contribution in [-0.4, -0.2) is 6.29 Å². The summed E-state index contributed by atoms with van der Waals surface area (Å²) < 4.78 is 0. The molecule has 68 valence electrons. The zero-order valence-electron chi connectivity index (χ0n) is 8.26. The average Bonchev–Trinajstić information content (AvgIpc) is 2.06. The molecular formula is C11H18O. The van der Waals surface area contributed by atoms with Crippen LogP contribution >= 0.6 is 0 Å². The summed E-state index contributed by atoms with van der Waals surface area (Å²) in [5, 5.41) is 0. The molecule has 1 aliphatic rings. The molecule has 0 aromatic heterocycles. The van der Waals surface area contributed by atoms with Gasteiger partial charge in [-0.25, -0.2) is 0 Å². The van der Waals surface area contributed by atoms with E-state index in [1.54, 1.807) is 0 Å². The van der Waals surface area contributed by atoms with Crippen molar-refractivity contribution in [3.05, 3.63) is 11.1 Å². The highest BCUT2D eigenvalue weighted by atomic mass is 16.1. The van der Waals surface area contributed by atoms with Gasteiger partial charge in [-0.1, -0.05) is 18.1 Å². The van der Waals surface area contributed by atoms with Gasteiger partial charge in [-0.15, -0.1) is 0 Å². The second-order valence-corrected chi connectivity index (χ2v) is 3.99. The molecule has 12 heavy (non-hydrogen) atoms. The van der Waals surface area contributed by atoms with E-state index < -0.39 is 0 Å². The third-order valence-corrected chi connectivity index (χ3v) is 3.24. The molecule has 0 aromatic carbocycles. The summed E-state index contributed by atoms with van der Waals surface area (Å²) in [6.07, 6.45) is 4.25. The monoisotopic (exact) mass is 166 g/mol. The summed E-state index contributed by atoms with van der Waals surface area (Å²) in [6, 6.07) is 0. The number of hydrogen-bond acceptors (Lipinski definition) is 1. The lowest BCUT2D eigenvalue weighted by Gasteiger charge is -2.30. The highest BCUT2D eigenvalue weighted by Crippen LogP contribution is 2.35. The summed E-state index contributed by atoms with van der Waals surface area (Å²) in [5.41, 5.74) is 2.96. The molecule has 0 heterocycles. The molecule has 1 rings (SSSR count). The minimum atomic E-state index is 0.524. The average molecular weight is 166 g/mol.